The van der Waals surface area contributed by atoms with Crippen LogP contribution in [0.15, 0.2) is 35.9 Å². The van der Waals surface area contributed by atoms with Crippen LogP contribution in [0, 0.1) is 0 Å². The van der Waals surface area contributed by atoms with Crippen LogP contribution >= 0.6 is 11.6 Å². The Hall–Kier alpha value is -1.28. The van der Waals surface area contributed by atoms with E-state index < -0.39 is 5.97 Å². The molecule has 3 heteroatoms. The third-order valence-electron chi connectivity index (χ3n) is 2.16. The topological polar surface area (TPSA) is 37.3 Å². The molecule has 1 N–H and O–H groups in total. The van der Waals surface area contributed by atoms with E-state index in [1.807, 2.05) is 24.3 Å². The van der Waals surface area contributed by atoms with E-state index in [1.165, 1.54) is 0 Å². The highest BCUT2D eigenvalue weighted by Crippen LogP contribution is 2.16. The summed E-state index contributed by atoms with van der Waals surface area (Å²) >= 11 is 5.97. The maximum Gasteiger partial charge on any atom is 0.330 e. The van der Waals surface area contributed by atoms with E-state index in [1.54, 1.807) is 13.0 Å². The number of benzene rings is 1. The summed E-state index contributed by atoms with van der Waals surface area (Å²) in [5, 5.41) is 9.37. The van der Waals surface area contributed by atoms with E-state index in [0.717, 1.165) is 17.0 Å². The van der Waals surface area contributed by atoms with Gasteiger partial charge in [0.05, 0.1) is 0 Å². The summed E-state index contributed by atoms with van der Waals surface area (Å²) in [7, 11) is 0. The highest BCUT2D eigenvalue weighted by atomic mass is 35.5. The minimum atomic E-state index is -0.867. The van der Waals surface area contributed by atoms with Gasteiger partial charge in [-0.1, -0.05) is 35.9 Å². The molecular weight excluding hydrogens is 212 g/mol. The van der Waals surface area contributed by atoms with E-state index in [-0.39, 0.29) is 0 Å². The number of aliphatic carboxylic acids is 1. The monoisotopic (exact) mass is 224 g/mol. The lowest BCUT2D eigenvalue weighted by Crippen LogP contribution is -1.96. The first kappa shape index (κ1) is 11.8. The van der Waals surface area contributed by atoms with Gasteiger partial charge in [-0.3, -0.25) is 0 Å². The van der Waals surface area contributed by atoms with Gasteiger partial charge in [0.25, 0.3) is 0 Å². The highest BCUT2D eigenvalue weighted by molar-refractivity contribution is 6.31. The average Bonchev–Trinajstić information content (AvgIpc) is 2.20. The maximum atomic E-state index is 10.5. The number of rotatable bonds is 4. The zero-order valence-corrected chi connectivity index (χ0v) is 9.29. The Morgan fingerprint density at radius 1 is 1.47 bits per heavy atom. The van der Waals surface area contributed by atoms with Crippen LogP contribution in [0.4, 0.5) is 0 Å². The number of halogens is 1. The van der Waals surface area contributed by atoms with Gasteiger partial charge in [-0.15, -0.1) is 0 Å². The third kappa shape index (κ3) is 3.76. The molecule has 0 aliphatic heterocycles. The fourth-order valence-corrected chi connectivity index (χ4v) is 1.46. The van der Waals surface area contributed by atoms with Gasteiger partial charge in [0.1, 0.15) is 0 Å². The second-order valence-corrected chi connectivity index (χ2v) is 3.73. The number of aryl methyl sites for hydroxylation is 1. The van der Waals surface area contributed by atoms with Gasteiger partial charge in [-0.2, -0.15) is 0 Å². The molecule has 1 aromatic rings. The summed E-state index contributed by atoms with van der Waals surface area (Å²) < 4.78 is 0. The number of carboxylic acids is 1. The van der Waals surface area contributed by atoms with Crippen molar-refractivity contribution in [2.24, 2.45) is 0 Å². The van der Waals surface area contributed by atoms with Crippen molar-refractivity contribution in [3.05, 3.63) is 46.5 Å². The predicted octanol–water partition coefficient (Wildman–Crippen LogP) is 3.30. The van der Waals surface area contributed by atoms with Crippen LogP contribution in [0.3, 0.4) is 0 Å². The fraction of sp³-hybridized carbons (Fsp3) is 0.250. The molecular formula is C12H13ClO2. The Balaban J connectivity index is 2.55. The first-order valence-corrected chi connectivity index (χ1v) is 5.12. The molecule has 0 aromatic heterocycles. The van der Waals surface area contributed by atoms with Crippen LogP contribution in [0.25, 0.3) is 0 Å². The first-order valence-electron chi connectivity index (χ1n) is 4.74. The quantitative estimate of drug-likeness (QED) is 0.797. The average molecular weight is 225 g/mol. The zero-order valence-electron chi connectivity index (χ0n) is 8.53. The van der Waals surface area contributed by atoms with Crippen molar-refractivity contribution in [3.63, 3.8) is 0 Å². The van der Waals surface area contributed by atoms with Gasteiger partial charge in [0.15, 0.2) is 0 Å². The van der Waals surface area contributed by atoms with E-state index in [4.69, 9.17) is 16.7 Å². The molecule has 0 fully saturated rings. The molecule has 0 radical (unpaired) electrons. The lowest BCUT2D eigenvalue weighted by molar-refractivity contribution is -0.132. The molecule has 0 heterocycles. The van der Waals surface area contributed by atoms with Crippen molar-refractivity contribution in [2.45, 2.75) is 19.8 Å². The molecule has 2 nitrogen and oxygen atoms in total. The molecule has 15 heavy (non-hydrogen) atoms. The number of hydrogen-bond acceptors (Lipinski definition) is 1. The standard InChI is InChI=1S/C12H13ClO2/c1-9(12(14)15)5-4-7-10-6-2-3-8-11(10)13/h2-3,5-6,8H,4,7H2,1H3,(H,14,15)/b9-5+. The Morgan fingerprint density at radius 2 is 2.13 bits per heavy atom. The number of carbonyl (C=O) groups is 1. The molecule has 0 atom stereocenters. The van der Waals surface area contributed by atoms with Crippen LogP contribution in [-0.2, 0) is 11.2 Å². The summed E-state index contributed by atoms with van der Waals surface area (Å²) in [6, 6.07) is 7.59. The van der Waals surface area contributed by atoms with Crippen molar-refractivity contribution in [1.82, 2.24) is 0 Å². The minimum absolute atomic E-state index is 0.377. The Kier molecular flexibility index (Phi) is 4.37. The van der Waals surface area contributed by atoms with Gasteiger partial charge < -0.3 is 5.11 Å². The molecule has 1 aromatic carbocycles. The number of hydrogen-bond donors (Lipinski definition) is 1. The smallest absolute Gasteiger partial charge is 0.330 e. The maximum absolute atomic E-state index is 10.5. The van der Waals surface area contributed by atoms with Crippen LogP contribution in [-0.4, -0.2) is 11.1 Å². The second-order valence-electron chi connectivity index (χ2n) is 3.32. The first-order chi connectivity index (χ1) is 7.11. The van der Waals surface area contributed by atoms with E-state index in [9.17, 15) is 4.79 Å². The van der Waals surface area contributed by atoms with E-state index in [2.05, 4.69) is 0 Å². The van der Waals surface area contributed by atoms with Gasteiger partial charge in [-0.25, -0.2) is 4.79 Å². The van der Waals surface area contributed by atoms with E-state index in [0.29, 0.717) is 12.0 Å². The lowest BCUT2D eigenvalue weighted by atomic mass is 10.1. The van der Waals surface area contributed by atoms with Crippen LogP contribution in [0.1, 0.15) is 18.9 Å². The van der Waals surface area contributed by atoms with E-state index >= 15 is 0 Å². The van der Waals surface area contributed by atoms with Crippen molar-refractivity contribution in [1.29, 1.82) is 0 Å². The van der Waals surface area contributed by atoms with Crippen molar-refractivity contribution >= 4 is 17.6 Å². The zero-order chi connectivity index (χ0) is 11.3. The molecule has 80 valence electrons. The van der Waals surface area contributed by atoms with Gasteiger partial charge in [0.2, 0.25) is 0 Å². The minimum Gasteiger partial charge on any atom is -0.478 e. The summed E-state index contributed by atoms with van der Waals surface area (Å²) in [5.74, 6) is -0.867. The normalized spacial score (nSPS) is 11.5. The third-order valence-corrected chi connectivity index (χ3v) is 2.53. The second kappa shape index (κ2) is 5.56. The van der Waals surface area contributed by atoms with Crippen LogP contribution in [0.5, 0.6) is 0 Å². The lowest BCUT2D eigenvalue weighted by Gasteiger charge is -2.01. The highest BCUT2D eigenvalue weighted by Gasteiger charge is 2.00. The summed E-state index contributed by atoms with van der Waals surface area (Å²) in [5.41, 5.74) is 1.43. The van der Waals surface area contributed by atoms with Crippen molar-refractivity contribution in [2.75, 3.05) is 0 Å². The van der Waals surface area contributed by atoms with Crippen molar-refractivity contribution in [3.8, 4) is 0 Å². The largest absolute Gasteiger partial charge is 0.478 e. The number of allylic oxidation sites excluding steroid dienone is 1. The fourth-order valence-electron chi connectivity index (χ4n) is 1.23. The summed E-state index contributed by atoms with van der Waals surface area (Å²) in [6.45, 7) is 1.59. The molecule has 0 spiro atoms. The summed E-state index contributed by atoms with van der Waals surface area (Å²) in [6.07, 6.45) is 3.18. The Morgan fingerprint density at radius 3 is 2.73 bits per heavy atom. The molecule has 0 amide bonds. The molecule has 0 bridgehead atoms. The Bertz CT molecular complexity index is 383. The SMILES string of the molecule is C/C(=C\CCc1ccccc1Cl)C(=O)O. The number of carboxylic acid groups (broad SMARTS) is 1. The van der Waals surface area contributed by atoms with Crippen molar-refractivity contribution < 1.29 is 9.90 Å². The molecule has 0 saturated heterocycles. The Labute approximate surface area is 94.2 Å². The van der Waals surface area contributed by atoms with Crippen LogP contribution in [0.2, 0.25) is 5.02 Å². The molecule has 0 aliphatic carbocycles. The van der Waals surface area contributed by atoms with Gasteiger partial charge >= 0.3 is 5.97 Å². The van der Waals surface area contributed by atoms with Gasteiger partial charge in [0, 0.05) is 10.6 Å². The molecule has 0 aliphatic rings. The van der Waals surface area contributed by atoms with Crippen LogP contribution < -0.4 is 0 Å². The predicted molar refractivity (Wildman–Crippen MR) is 61.2 cm³/mol. The molecule has 1 rings (SSSR count). The summed E-state index contributed by atoms with van der Waals surface area (Å²) in [4.78, 5) is 10.5. The molecule has 0 saturated carbocycles. The van der Waals surface area contributed by atoms with Gasteiger partial charge in [-0.05, 0) is 31.4 Å². The molecule has 0 unspecified atom stereocenters.